The molecule has 0 fully saturated rings. The maximum absolute atomic E-state index is 13.6. The lowest BCUT2D eigenvalue weighted by atomic mass is 10.0. The molecular weight excluding hydrogens is 382 g/mol. The Morgan fingerprint density at radius 1 is 1.08 bits per heavy atom. The second-order valence-electron chi connectivity index (χ2n) is 5.23. The van der Waals surface area contributed by atoms with E-state index in [0.717, 1.165) is 22.2 Å². The minimum atomic E-state index is -0.964. The predicted octanol–water partition coefficient (Wildman–Crippen LogP) is 2.48. The number of primary amides is 1. The first-order chi connectivity index (χ1) is 11.4. The summed E-state index contributed by atoms with van der Waals surface area (Å²) in [7, 11) is 0. The highest BCUT2D eigenvalue weighted by molar-refractivity contribution is 9.10. The average molecular weight is 397 g/mol. The van der Waals surface area contributed by atoms with Gasteiger partial charge in [0.15, 0.2) is 0 Å². The number of amides is 2. The first kappa shape index (κ1) is 18.1. The van der Waals surface area contributed by atoms with E-state index in [0.29, 0.717) is 0 Å². The summed E-state index contributed by atoms with van der Waals surface area (Å²) in [5, 5.41) is 2.42. The van der Waals surface area contributed by atoms with Crippen molar-refractivity contribution in [2.45, 2.75) is 18.9 Å². The molecule has 0 spiro atoms. The second kappa shape index (κ2) is 8.01. The van der Waals surface area contributed by atoms with Crippen LogP contribution >= 0.6 is 15.9 Å². The Kier molecular flexibility index (Phi) is 6.03. The molecule has 0 aliphatic rings. The van der Waals surface area contributed by atoms with Gasteiger partial charge in [0.25, 0.3) is 0 Å². The second-order valence-corrected chi connectivity index (χ2v) is 6.15. The van der Waals surface area contributed by atoms with Gasteiger partial charge in [0, 0.05) is 16.5 Å². The number of nitrogens with two attached hydrogens (primary N) is 1. The third-order valence-corrected chi connectivity index (χ3v) is 3.96. The van der Waals surface area contributed by atoms with Crippen molar-refractivity contribution in [3.05, 3.63) is 69.7 Å². The fourth-order valence-electron chi connectivity index (χ4n) is 2.19. The highest BCUT2D eigenvalue weighted by Gasteiger charge is 2.20. The van der Waals surface area contributed by atoms with Gasteiger partial charge in [0.1, 0.15) is 17.7 Å². The van der Waals surface area contributed by atoms with Gasteiger partial charge >= 0.3 is 0 Å². The largest absolute Gasteiger partial charge is 0.368 e. The van der Waals surface area contributed by atoms with Crippen LogP contribution in [0.1, 0.15) is 11.1 Å². The summed E-state index contributed by atoms with van der Waals surface area (Å²) >= 11 is 3.30. The maximum atomic E-state index is 13.6. The molecule has 4 nitrogen and oxygen atoms in total. The van der Waals surface area contributed by atoms with E-state index in [-0.39, 0.29) is 12.0 Å². The van der Waals surface area contributed by atoms with Crippen molar-refractivity contribution < 1.29 is 18.4 Å². The van der Waals surface area contributed by atoms with E-state index in [1.54, 1.807) is 24.3 Å². The van der Waals surface area contributed by atoms with Crippen LogP contribution in [0.4, 0.5) is 8.78 Å². The summed E-state index contributed by atoms with van der Waals surface area (Å²) in [4.78, 5) is 23.6. The number of rotatable bonds is 6. The normalized spacial score (nSPS) is 11.8. The maximum Gasteiger partial charge on any atom is 0.240 e. The monoisotopic (exact) mass is 396 g/mol. The summed E-state index contributed by atoms with van der Waals surface area (Å²) in [6, 6.07) is 9.54. The topological polar surface area (TPSA) is 72.2 Å². The van der Waals surface area contributed by atoms with E-state index < -0.39 is 35.9 Å². The molecule has 2 aromatic carbocycles. The molecule has 2 aromatic rings. The van der Waals surface area contributed by atoms with Crippen molar-refractivity contribution in [3.63, 3.8) is 0 Å². The van der Waals surface area contributed by atoms with Gasteiger partial charge in [0.2, 0.25) is 11.8 Å². The van der Waals surface area contributed by atoms with Crippen molar-refractivity contribution >= 4 is 27.7 Å². The lowest BCUT2D eigenvalue weighted by molar-refractivity contribution is -0.127. The summed E-state index contributed by atoms with van der Waals surface area (Å²) in [5.74, 6) is -3.03. The minimum absolute atomic E-state index is 0.189. The molecule has 2 rings (SSSR count). The first-order valence-corrected chi connectivity index (χ1v) is 7.92. The molecular formula is C17H15BrF2N2O2. The zero-order valence-corrected chi connectivity index (χ0v) is 14.1. The fourth-order valence-corrected chi connectivity index (χ4v) is 2.45. The van der Waals surface area contributed by atoms with E-state index in [2.05, 4.69) is 21.2 Å². The van der Waals surface area contributed by atoms with E-state index in [1.165, 1.54) is 6.07 Å². The average Bonchev–Trinajstić information content (AvgIpc) is 2.52. The molecule has 3 N–H and O–H groups in total. The van der Waals surface area contributed by atoms with Crippen molar-refractivity contribution in [2.75, 3.05) is 0 Å². The summed E-state index contributed by atoms with van der Waals surface area (Å²) < 4.78 is 28.0. The van der Waals surface area contributed by atoms with Crippen LogP contribution in [0.5, 0.6) is 0 Å². The molecule has 0 radical (unpaired) electrons. The van der Waals surface area contributed by atoms with Crippen LogP contribution < -0.4 is 11.1 Å². The third-order valence-electron chi connectivity index (χ3n) is 3.43. The number of benzene rings is 2. The molecule has 7 heteroatoms. The van der Waals surface area contributed by atoms with Crippen LogP contribution in [0, 0.1) is 11.6 Å². The molecule has 0 saturated heterocycles. The van der Waals surface area contributed by atoms with Crippen LogP contribution in [-0.4, -0.2) is 17.9 Å². The van der Waals surface area contributed by atoms with Gasteiger partial charge in [-0.15, -0.1) is 0 Å². The van der Waals surface area contributed by atoms with Crippen molar-refractivity contribution in [1.82, 2.24) is 5.32 Å². The van der Waals surface area contributed by atoms with Gasteiger partial charge in [-0.25, -0.2) is 8.78 Å². The predicted molar refractivity (Wildman–Crippen MR) is 89.0 cm³/mol. The first-order valence-electron chi connectivity index (χ1n) is 7.13. The SMILES string of the molecule is NC(=O)[C@@H](Cc1ccc(Br)cc1)NC(=O)Cc1c(F)cccc1F. The molecule has 0 bridgehead atoms. The molecule has 0 aromatic heterocycles. The Bertz CT molecular complexity index is 731. The lowest BCUT2D eigenvalue weighted by Gasteiger charge is -2.16. The van der Waals surface area contributed by atoms with Crippen molar-refractivity contribution in [1.29, 1.82) is 0 Å². The third kappa shape index (κ3) is 4.86. The van der Waals surface area contributed by atoms with Gasteiger partial charge in [-0.2, -0.15) is 0 Å². The van der Waals surface area contributed by atoms with Gasteiger partial charge in [0.05, 0.1) is 6.42 Å². The smallest absolute Gasteiger partial charge is 0.240 e. The molecule has 1 atom stereocenters. The lowest BCUT2D eigenvalue weighted by Crippen LogP contribution is -2.46. The Hall–Kier alpha value is -2.28. The number of carbonyl (C=O) groups is 2. The molecule has 126 valence electrons. The minimum Gasteiger partial charge on any atom is -0.368 e. The Labute approximate surface area is 146 Å². The fraction of sp³-hybridized carbons (Fsp3) is 0.176. The van der Waals surface area contributed by atoms with E-state index >= 15 is 0 Å². The molecule has 24 heavy (non-hydrogen) atoms. The van der Waals surface area contributed by atoms with Crippen LogP contribution in [0.15, 0.2) is 46.9 Å². The van der Waals surface area contributed by atoms with Crippen LogP contribution in [0.3, 0.4) is 0 Å². The molecule has 0 aliphatic carbocycles. The number of nitrogens with one attached hydrogen (secondary N) is 1. The zero-order valence-electron chi connectivity index (χ0n) is 12.6. The van der Waals surface area contributed by atoms with Gasteiger partial charge in [-0.1, -0.05) is 34.1 Å². The van der Waals surface area contributed by atoms with Gasteiger partial charge < -0.3 is 11.1 Å². The molecule has 0 aliphatic heterocycles. The number of hydrogen-bond donors (Lipinski definition) is 2. The summed E-state index contributed by atoms with van der Waals surface area (Å²) in [6.45, 7) is 0. The Morgan fingerprint density at radius 3 is 2.21 bits per heavy atom. The van der Waals surface area contributed by atoms with Crippen molar-refractivity contribution in [2.24, 2.45) is 5.73 Å². The van der Waals surface area contributed by atoms with E-state index in [4.69, 9.17) is 5.73 Å². The van der Waals surface area contributed by atoms with E-state index in [1.807, 2.05) is 0 Å². The van der Waals surface area contributed by atoms with Gasteiger partial charge in [-0.05, 0) is 29.8 Å². The van der Waals surface area contributed by atoms with Crippen LogP contribution in [0.2, 0.25) is 0 Å². The molecule has 0 heterocycles. The standard InChI is InChI=1S/C17H15BrF2N2O2/c18-11-6-4-10(5-7-11)8-15(17(21)24)22-16(23)9-12-13(19)2-1-3-14(12)20/h1-7,15H,8-9H2,(H2,21,24)(H,22,23)/t15-/m1/s1. The van der Waals surface area contributed by atoms with Crippen LogP contribution in [0.25, 0.3) is 0 Å². The van der Waals surface area contributed by atoms with Crippen LogP contribution in [-0.2, 0) is 22.4 Å². The molecule has 0 saturated carbocycles. The summed E-state index contributed by atoms with van der Waals surface area (Å²) in [6.07, 6.45) is -0.323. The Balaban J connectivity index is 2.06. The quantitative estimate of drug-likeness (QED) is 0.786. The number of carbonyl (C=O) groups excluding carboxylic acids is 2. The Morgan fingerprint density at radius 2 is 1.67 bits per heavy atom. The molecule has 2 amide bonds. The van der Waals surface area contributed by atoms with Gasteiger partial charge in [-0.3, -0.25) is 9.59 Å². The van der Waals surface area contributed by atoms with E-state index in [9.17, 15) is 18.4 Å². The highest BCUT2D eigenvalue weighted by Crippen LogP contribution is 2.14. The van der Waals surface area contributed by atoms with Crippen molar-refractivity contribution in [3.8, 4) is 0 Å². The molecule has 0 unspecified atom stereocenters. The number of hydrogen-bond acceptors (Lipinski definition) is 2. The highest BCUT2D eigenvalue weighted by atomic mass is 79.9. The number of halogens is 3. The summed E-state index contributed by atoms with van der Waals surface area (Å²) in [5.41, 5.74) is 5.75. The zero-order chi connectivity index (χ0) is 17.7.